The van der Waals surface area contributed by atoms with E-state index in [1.165, 1.54) is 0 Å². The number of hydrogen-bond donors (Lipinski definition) is 1. The third kappa shape index (κ3) is 2.37. The highest BCUT2D eigenvalue weighted by Crippen LogP contribution is 2.54. The minimum atomic E-state index is -3.41. The highest BCUT2D eigenvalue weighted by Gasteiger charge is 2.58. The zero-order valence-electron chi connectivity index (χ0n) is 13.3. The molecule has 5 nitrogen and oxygen atoms in total. The molecule has 0 amide bonds. The number of rotatable bonds is 4. The Kier molecular flexibility index (Phi) is 3.54. The van der Waals surface area contributed by atoms with Crippen molar-refractivity contribution in [1.82, 2.24) is 0 Å². The number of benzene rings is 2. The van der Waals surface area contributed by atoms with Crippen LogP contribution in [0.1, 0.15) is 17.0 Å². The van der Waals surface area contributed by atoms with Crippen LogP contribution >= 0.6 is 0 Å². The van der Waals surface area contributed by atoms with Gasteiger partial charge in [0.05, 0.1) is 10.1 Å². The maximum atomic E-state index is 13.0. The van der Waals surface area contributed by atoms with Gasteiger partial charge in [-0.15, -0.1) is 0 Å². The molecule has 1 fully saturated rings. The molecule has 126 valence electrons. The summed E-state index contributed by atoms with van der Waals surface area (Å²) >= 11 is 0. The van der Waals surface area contributed by atoms with Gasteiger partial charge < -0.3 is 15.2 Å². The monoisotopic (exact) mass is 345 g/mol. The maximum absolute atomic E-state index is 13.0. The van der Waals surface area contributed by atoms with Crippen LogP contribution in [0.2, 0.25) is 0 Å². The fraction of sp³-hybridized carbons (Fsp3) is 0.333. The Bertz CT molecular complexity index is 876. The minimum Gasteiger partial charge on any atom is -0.454 e. The van der Waals surface area contributed by atoms with Gasteiger partial charge in [0.15, 0.2) is 21.3 Å². The van der Waals surface area contributed by atoms with E-state index >= 15 is 0 Å². The van der Waals surface area contributed by atoms with E-state index in [9.17, 15) is 8.42 Å². The normalized spacial score (nSPS) is 24.8. The lowest BCUT2D eigenvalue weighted by molar-refractivity contribution is 0.174. The summed E-state index contributed by atoms with van der Waals surface area (Å²) in [4.78, 5) is 0.361. The molecule has 0 saturated heterocycles. The zero-order valence-corrected chi connectivity index (χ0v) is 14.1. The van der Waals surface area contributed by atoms with Crippen LogP contribution in [0.15, 0.2) is 47.4 Å². The first kappa shape index (κ1) is 15.5. The standard InChI is InChI=1S/C18H19NO4S/c1-11-2-5-13(6-3-11)24(20,21)18-14(9-19)17(18)12-4-7-15-16(8-12)23-10-22-15/h2-8,14,17-18H,9-10,19H2,1H3/t14-,17+,18-/m1/s1. The summed E-state index contributed by atoms with van der Waals surface area (Å²) in [7, 11) is -3.41. The molecule has 6 heteroatoms. The highest BCUT2D eigenvalue weighted by molar-refractivity contribution is 7.92. The number of aryl methyl sites for hydroxylation is 1. The summed E-state index contributed by atoms with van der Waals surface area (Å²) in [5.74, 6) is 1.19. The zero-order chi connectivity index (χ0) is 16.9. The molecular formula is C18H19NO4S. The predicted octanol–water partition coefficient (Wildman–Crippen LogP) is 2.24. The van der Waals surface area contributed by atoms with E-state index in [0.717, 1.165) is 11.1 Å². The Hall–Kier alpha value is -2.05. The lowest BCUT2D eigenvalue weighted by Crippen LogP contribution is -2.13. The van der Waals surface area contributed by atoms with Crippen molar-refractivity contribution in [2.45, 2.75) is 23.0 Å². The second-order valence-electron chi connectivity index (χ2n) is 6.36. The summed E-state index contributed by atoms with van der Waals surface area (Å²) < 4.78 is 36.7. The first-order valence-electron chi connectivity index (χ1n) is 7.92. The third-order valence-corrected chi connectivity index (χ3v) is 7.15. The summed E-state index contributed by atoms with van der Waals surface area (Å²) in [6.07, 6.45) is 0. The van der Waals surface area contributed by atoms with Crippen molar-refractivity contribution < 1.29 is 17.9 Å². The van der Waals surface area contributed by atoms with Crippen LogP contribution in [0.3, 0.4) is 0 Å². The highest BCUT2D eigenvalue weighted by atomic mass is 32.2. The first-order valence-corrected chi connectivity index (χ1v) is 9.47. The molecule has 0 bridgehead atoms. The Labute approximate surface area is 141 Å². The van der Waals surface area contributed by atoms with E-state index in [-0.39, 0.29) is 18.6 Å². The molecule has 1 heterocycles. The van der Waals surface area contributed by atoms with Gasteiger partial charge in [-0.2, -0.15) is 0 Å². The summed E-state index contributed by atoms with van der Waals surface area (Å²) in [5, 5.41) is -0.481. The fourth-order valence-electron chi connectivity index (χ4n) is 3.49. The number of nitrogens with two attached hydrogens (primary N) is 1. The molecule has 0 unspecified atom stereocenters. The molecule has 1 saturated carbocycles. The Morgan fingerprint density at radius 1 is 1.08 bits per heavy atom. The Morgan fingerprint density at radius 2 is 1.79 bits per heavy atom. The van der Waals surface area contributed by atoms with Gasteiger partial charge in [0.2, 0.25) is 6.79 Å². The van der Waals surface area contributed by atoms with Crippen molar-refractivity contribution in [3.05, 3.63) is 53.6 Å². The van der Waals surface area contributed by atoms with Crippen LogP contribution in [-0.4, -0.2) is 27.0 Å². The molecule has 2 aromatic rings. The Morgan fingerprint density at radius 3 is 2.50 bits per heavy atom. The molecule has 4 rings (SSSR count). The minimum absolute atomic E-state index is 0.0725. The van der Waals surface area contributed by atoms with Gasteiger partial charge in [-0.3, -0.25) is 0 Å². The van der Waals surface area contributed by atoms with Crippen molar-refractivity contribution in [1.29, 1.82) is 0 Å². The molecule has 0 radical (unpaired) electrons. The van der Waals surface area contributed by atoms with Crippen LogP contribution in [0, 0.1) is 12.8 Å². The van der Waals surface area contributed by atoms with E-state index in [2.05, 4.69) is 0 Å². The number of ether oxygens (including phenoxy) is 2. The van der Waals surface area contributed by atoms with Gasteiger partial charge in [-0.1, -0.05) is 23.8 Å². The smallest absolute Gasteiger partial charge is 0.231 e. The topological polar surface area (TPSA) is 78.6 Å². The summed E-state index contributed by atoms with van der Waals surface area (Å²) in [6, 6.07) is 12.6. The van der Waals surface area contributed by atoms with Gasteiger partial charge >= 0.3 is 0 Å². The van der Waals surface area contributed by atoms with Gasteiger partial charge in [-0.05, 0) is 49.2 Å². The van der Waals surface area contributed by atoms with E-state index in [4.69, 9.17) is 15.2 Å². The lowest BCUT2D eigenvalue weighted by Gasteiger charge is -2.05. The van der Waals surface area contributed by atoms with Gasteiger partial charge in [0.25, 0.3) is 0 Å². The SMILES string of the molecule is Cc1ccc(S(=O)(=O)[C@@H]2[C@H](CN)[C@@H]2c2ccc3c(c2)OCO3)cc1. The number of hydrogen-bond acceptors (Lipinski definition) is 5. The van der Waals surface area contributed by atoms with Crippen molar-refractivity contribution in [3.63, 3.8) is 0 Å². The average molecular weight is 345 g/mol. The van der Waals surface area contributed by atoms with Crippen LogP contribution in [0.5, 0.6) is 11.5 Å². The van der Waals surface area contributed by atoms with Crippen molar-refractivity contribution in [3.8, 4) is 11.5 Å². The molecular weight excluding hydrogens is 326 g/mol. The van der Waals surface area contributed by atoms with Crippen LogP contribution in [0.4, 0.5) is 0 Å². The molecule has 2 aromatic carbocycles. The molecule has 1 aliphatic carbocycles. The van der Waals surface area contributed by atoms with E-state index in [1.54, 1.807) is 12.1 Å². The van der Waals surface area contributed by atoms with Gasteiger partial charge in [-0.25, -0.2) is 8.42 Å². The molecule has 24 heavy (non-hydrogen) atoms. The maximum Gasteiger partial charge on any atom is 0.231 e. The van der Waals surface area contributed by atoms with Crippen LogP contribution in [-0.2, 0) is 9.84 Å². The van der Waals surface area contributed by atoms with Crippen molar-refractivity contribution >= 4 is 9.84 Å². The molecule has 3 atom stereocenters. The quantitative estimate of drug-likeness (QED) is 0.919. The Balaban J connectivity index is 1.67. The number of sulfone groups is 1. The molecule has 1 aliphatic heterocycles. The second-order valence-corrected chi connectivity index (χ2v) is 8.47. The van der Waals surface area contributed by atoms with E-state index < -0.39 is 15.1 Å². The van der Waals surface area contributed by atoms with Gasteiger partial charge in [0, 0.05) is 5.92 Å². The largest absolute Gasteiger partial charge is 0.454 e. The van der Waals surface area contributed by atoms with E-state index in [0.29, 0.717) is 22.9 Å². The van der Waals surface area contributed by atoms with Crippen LogP contribution in [0.25, 0.3) is 0 Å². The van der Waals surface area contributed by atoms with Gasteiger partial charge in [0.1, 0.15) is 0 Å². The molecule has 2 N–H and O–H groups in total. The molecule has 0 spiro atoms. The third-order valence-electron chi connectivity index (χ3n) is 4.86. The molecule has 0 aromatic heterocycles. The fourth-order valence-corrected chi connectivity index (χ4v) is 5.71. The second kappa shape index (κ2) is 5.50. The lowest BCUT2D eigenvalue weighted by atomic mass is 10.1. The summed E-state index contributed by atoms with van der Waals surface area (Å²) in [5.41, 5.74) is 7.82. The summed E-state index contributed by atoms with van der Waals surface area (Å²) in [6.45, 7) is 2.48. The van der Waals surface area contributed by atoms with Crippen LogP contribution < -0.4 is 15.2 Å². The van der Waals surface area contributed by atoms with E-state index in [1.807, 2.05) is 37.3 Å². The average Bonchev–Trinajstić information content (AvgIpc) is 3.15. The predicted molar refractivity (Wildman–Crippen MR) is 90.0 cm³/mol. The van der Waals surface area contributed by atoms with Crippen molar-refractivity contribution in [2.75, 3.05) is 13.3 Å². The van der Waals surface area contributed by atoms with Crippen molar-refractivity contribution in [2.24, 2.45) is 11.7 Å². The number of fused-ring (bicyclic) bond motifs is 1. The first-order chi connectivity index (χ1) is 11.5. The molecule has 2 aliphatic rings.